The summed E-state index contributed by atoms with van der Waals surface area (Å²) in [5.41, 5.74) is 4.59. The van der Waals surface area contributed by atoms with Crippen LogP contribution >= 0.6 is 0 Å². The van der Waals surface area contributed by atoms with Gasteiger partial charge in [0.1, 0.15) is 0 Å². The van der Waals surface area contributed by atoms with Crippen molar-refractivity contribution in [3.8, 4) is 0 Å². The number of carbonyl (C=O) groups excluding carboxylic acids is 1. The largest absolute Gasteiger partial charge is 0.478 e. The first kappa shape index (κ1) is 15.4. The number of aryl methyl sites for hydroxylation is 1. The third-order valence-corrected chi connectivity index (χ3v) is 1.59. The zero-order valence-corrected chi connectivity index (χ0v) is 10.0. The average Bonchev–Trinajstić information content (AvgIpc) is 2.23. The maximum absolute atomic E-state index is 10.7. The second-order valence-corrected chi connectivity index (χ2v) is 3.28. The molecule has 0 radical (unpaired) electrons. The SMILES string of the molecule is C=C(C)C(=O)O.Cn1ccc(=O)nc1NC(N)=O. The molecule has 0 atom stereocenters. The predicted octanol–water partition coefficient (Wildman–Crippen LogP) is -0.0820. The lowest BCUT2D eigenvalue weighted by Gasteiger charge is -2.04. The zero-order chi connectivity index (χ0) is 14.3. The van der Waals surface area contributed by atoms with Gasteiger partial charge in [-0.25, -0.2) is 9.59 Å². The Morgan fingerprint density at radius 1 is 1.56 bits per heavy atom. The van der Waals surface area contributed by atoms with Gasteiger partial charge in [-0.05, 0) is 6.92 Å². The fourth-order valence-corrected chi connectivity index (χ4v) is 0.693. The standard InChI is InChI=1S/C6H8N4O2.C4H6O2/c1-10-3-2-4(11)8-6(10)9-5(7)12;1-3(2)4(5)6/h2-3H,1H3,(H3,7,8,9,11,12);1H2,2H3,(H,5,6). The number of rotatable bonds is 2. The number of nitrogens with one attached hydrogen (secondary N) is 1. The molecule has 1 rings (SSSR count). The van der Waals surface area contributed by atoms with Crippen LogP contribution < -0.4 is 16.6 Å². The Morgan fingerprint density at radius 3 is 2.44 bits per heavy atom. The minimum absolute atomic E-state index is 0.134. The highest BCUT2D eigenvalue weighted by Crippen LogP contribution is 1.94. The van der Waals surface area contributed by atoms with Crippen molar-refractivity contribution in [2.75, 3.05) is 5.32 Å². The molecule has 2 amide bonds. The first-order chi connectivity index (χ1) is 8.23. The highest BCUT2D eigenvalue weighted by atomic mass is 16.4. The van der Waals surface area contributed by atoms with Gasteiger partial charge in [0.25, 0.3) is 5.56 Å². The molecule has 0 aromatic carbocycles. The Labute approximate surface area is 103 Å². The molecule has 0 saturated heterocycles. The third-order valence-electron chi connectivity index (χ3n) is 1.59. The Morgan fingerprint density at radius 2 is 2.06 bits per heavy atom. The maximum atomic E-state index is 10.7. The number of anilines is 1. The van der Waals surface area contributed by atoms with E-state index < -0.39 is 17.6 Å². The molecule has 0 unspecified atom stereocenters. The van der Waals surface area contributed by atoms with Gasteiger partial charge >= 0.3 is 12.0 Å². The Hall–Kier alpha value is -2.64. The Kier molecular flexibility index (Phi) is 5.84. The second kappa shape index (κ2) is 6.84. The first-order valence-electron chi connectivity index (χ1n) is 4.73. The molecule has 98 valence electrons. The molecule has 4 N–H and O–H groups in total. The molecule has 8 heteroatoms. The van der Waals surface area contributed by atoms with Crippen LogP contribution in [0.15, 0.2) is 29.2 Å². The van der Waals surface area contributed by atoms with E-state index in [1.54, 1.807) is 7.05 Å². The van der Waals surface area contributed by atoms with E-state index in [1.807, 2.05) is 0 Å². The van der Waals surface area contributed by atoms with E-state index in [0.29, 0.717) is 0 Å². The van der Waals surface area contributed by atoms with Crippen LogP contribution in [0.5, 0.6) is 0 Å². The number of carbonyl (C=O) groups is 2. The fourth-order valence-electron chi connectivity index (χ4n) is 0.693. The summed E-state index contributed by atoms with van der Waals surface area (Å²) in [6.07, 6.45) is 1.49. The molecular formula is C10H14N4O4. The number of carboxylic acid groups (broad SMARTS) is 1. The normalized spacial score (nSPS) is 8.78. The predicted molar refractivity (Wildman–Crippen MR) is 65.1 cm³/mol. The van der Waals surface area contributed by atoms with Crippen molar-refractivity contribution in [2.45, 2.75) is 6.92 Å². The lowest BCUT2D eigenvalue weighted by molar-refractivity contribution is -0.132. The van der Waals surface area contributed by atoms with Crippen LogP contribution in [-0.4, -0.2) is 26.7 Å². The number of carboxylic acids is 1. The molecule has 1 heterocycles. The van der Waals surface area contributed by atoms with Gasteiger partial charge in [0.05, 0.1) is 0 Å². The van der Waals surface area contributed by atoms with E-state index in [9.17, 15) is 14.4 Å². The molecule has 0 aliphatic heterocycles. The maximum Gasteiger partial charge on any atom is 0.330 e. The summed E-state index contributed by atoms with van der Waals surface area (Å²) in [7, 11) is 1.64. The van der Waals surface area contributed by atoms with Gasteiger partial charge in [-0.3, -0.25) is 10.1 Å². The second-order valence-electron chi connectivity index (χ2n) is 3.28. The molecule has 0 bridgehead atoms. The van der Waals surface area contributed by atoms with Crippen molar-refractivity contribution in [1.29, 1.82) is 0 Å². The summed E-state index contributed by atoms with van der Waals surface area (Å²) in [6.45, 7) is 4.60. The van der Waals surface area contributed by atoms with E-state index in [1.165, 1.54) is 23.8 Å². The molecule has 0 fully saturated rings. The zero-order valence-electron chi connectivity index (χ0n) is 10.0. The van der Waals surface area contributed by atoms with Crippen LogP contribution in [0.25, 0.3) is 0 Å². The van der Waals surface area contributed by atoms with Crippen LogP contribution in [0, 0.1) is 0 Å². The van der Waals surface area contributed by atoms with Crippen molar-refractivity contribution < 1.29 is 14.7 Å². The summed E-state index contributed by atoms with van der Waals surface area (Å²) < 4.78 is 1.48. The van der Waals surface area contributed by atoms with Crippen LogP contribution in [-0.2, 0) is 11.8 Å². The number of amides is 2. The average molecular weight is 254 g/mol. The van der Waals surface area contributed by atoms with E-state index >= 15 is 0 Å². The van der Waals surface area contributed by atoms with E-state index in [-0.39, 0.29) is 11.5 Å². The number of hydrogen-bond acceptors (Lipinski definition) is 4. The van der Waals surface area contributed by atoms with E-state index in [4.69, 9.17) is 10.8 Å². The summed E-state index contributed by atoms with van der Waals surface area (Å²) in [5.74, 6) is -0.801. The number of nitrogens with zero attached hydrogens (tertiary/aromatic N) is 2. The van der Waals surface area contributed by atoms with Gasteiger partial charge in [0, 0.05) is 24.9 Å². The van der Waals surface area contributed by atoms with Gasteiger partial charge in [0.15, 0.2) is 0 Å². The van der Waals surface area contributed by atoms with Gasteiger partial charge in [0.2, 0.25) is 5.95 Å². The third kappa shape index (κ3) is 6.05. The summed E-state index contributed by atoms with van der Waals surface area (Å²) >= 11 is 0. The molecule has 8 nitrogen and oxygen atoms in total. The minimum Gasteiger partial charge on any atom is -0.478 e. The number of nitrogens with two attached hydrogens (primary N) is 1. The van der Waals surface area contributed by atoms with Crippen molar-refractivity contribution in [1.82, 2.24) is 9.55 Å². The number of hydrogen-bond donors (Lipinski definition) is 3. The lowest BCUT2D eigenvalue weighted by atomic mass is 10.4. The lowest BCUT2D eigenvalue weighted by Crippen LogP contribution is -2.24. The Bertz CT molecular complexity index is 509. The monoisotopic (exact) mass is 254 g/mol. The van der Waals surface area contributed by atoms with E-state index in [0.717, 1.165) is 0 Å². The van der Waals surface area contributed by atoms with Crippen LogP contribution in [0.2, 0.25) is 0 Å². The Balaban J connectivity index is 0.000000411. The summed E-state index contributed by atoms with van der Waals surface area (Å²) in [5, 5.41) is 10.1. The first-order valence-corrected chi connectivity index (χ1v) is 4.73. The fraction of sp³-hybridized carbons (Fsp3) is 0.200. The quantitative estimate of drug-likeness (QED) is 0.636. The molecule has 0 spiro atoms. The molecule has 1 aromatic rings. The summed E-state index contributed by atoms with van der Waals surface area (Å²) in [4.78, 5) is 34.2. The van der Waals surface area contributed by atoms with Gasteiger partial charge in [-0.1, -0.05) is 6.58 Å². The molecule has 18 heavy (non-hydrogen) atoms. The van der Waals surface area contributed by atoms with Crippen molar-refractivity contribution in [2.24, 2.45) is 12.8 Å². The van der Waals surface area contributed by atoms with Gasteiger partial charge < -0.3 is 15.4 Å². The number of primary amides is 1. The van der Waals surface area contributed by atoms with Crippen LogP contribution in [0.3, 0.4) is 0 Å². The summed E-state index contributed by atoms with van der Waals surface area (Å²) in [6, 6.07) is 0.537. The minimum atomic E-state index is -0.935. The van der Waals surface area contributed by atoms with Crippen molar-refractivity contribution in [3.63, 3.8) is 0 Å². The topological polar surface area (TPSA) is 127 Å². The molecule has 0 aliphatic rings. The molecule has 0 saturated carbocycles. The van der Waals surface area contributed by atoms with Gasteiger partial charge in [-0.15, -0.1) is 0 Å². The number of aliphatic carboxylic acids is 1. The number of urea groups is 1. The van der Waals surface area contributed by atoms with Crippen molar-refractivity contribution >= 4 is 17.9 Å². The molecule has 0 aliphatic carbocycles. The van der Waals surface area contributed by atoms with Crippen LogP contribution in [0.4, 0.5) is 10.7 Å². The van der Waals surface area contributed by atoms with E-state index in [2.05, 4.69) is 16.9 Å². The van der Waals surface area contributed by atoms with Crippen molar-refractivity contribution in [3.05, 3.63) is 34.8 Å². The molecular weight excluding hydrogens is 240 g/mol. The van der Waals surface area contributed by atoms with Crippen LogP contribution in [0.1, 0.15) is 6.92 Å². The smallest absolute Gasteiger partial charge is 0.330 e. The highest BCUT2D eigenvalue weighted by Gasteiger charge is 2.00. The molecule has 1 aromatic heterocycles. The highest BCUT2D eigenvalue weighted by molar-refractivity contribution is 5.85. The number of aromatic nitrogens is 2. The van der Waals surface area contributed by atoms with Gasteiger partial charge in [-0.2, -0.15) is 4.98 Å².